The van der Waals surface area contributed by atoms with E-state index in [-0.39, 0.29) is 11.8 Å². The van der Waals surface area contributed by atoms with Crippen molar-refractivity contribution in [3.63, 3.8) is 0 Å². The summed E-state index contributed by atoms with van der Waals surface area (Å²) in [5, 5.41) is 9.75. The van der Waals surface area contributed by atoms with Crippen molar-refractivity contribution < 1.29 is 14.6 Å². The summed E-state index contributed by atoms with van der Waals surface area (Å²) in [5.41, 5.74) is -0.823. The van der Waals surface area contributed by atoms with Gasteiger partial charge in [0.15, 0.2) is 0 Å². The Labute approximate surface area is 97.6 Å². The lowest BCUT2D eigenvalue weighted by molar-refractivity contribution is -0.141. The number of carbonyl (C=O) groups is 1. The maximum atomic E-state index is 12.2. The van der Waals surface area contributed by atoms with Gasteiger partial charge in [-0.3, -0.25) is 4.79 Å². The van der Waals surface area contributed by atoms with E-state index in [4.69, 9.17) is 4.74 Å². The standard InChI is InChI=1S/C12H23NO3/c1-4-13(9-12(2,3)15)11(14)10-5-7-16-8-6-10/h10,15H,4-9H2,1-3H3. The largest absolute Gasteiger partial charge is 0.389 e. The molecule has 16 heavy (non-hydrogen) atoms. The third-order valence-corrected chi connectivity index (χ3v) is 2.84. The Morgan fingerprint density at radius 3 is 2.44 bits per heavy atom. The summed E-state index contributed by atoms with van der Waals surface area (Å²) in [5.74, 6) is 0.240. The Morgan fingerprint density at radius 1 is 1.44 bits per heavy atom. The molecule has 4 heteroatoms. The quantitative estimate of drug-likeness (QED) is 0.783. The number of hydrogen-bond donors (Lipinski definition) is 1. The number of likely N-dealkylation sites (N-methyl/N-ethyl adjacent to an activating group) is 1. The van der Waals surface area contributed by atoms with E-state index in [0.29, 0.717) is 26.3 Å². The van der Waals surface area contributed by atoms with E-state index < -0.39 is 5.60 Å². The Bertz CT molecular complexity index is 229. The van der Waals surface area contributed by atoms with E-state index in [1.807, 2.05) is 6.92 Å². The van der Waals surface area contributed by atoms with Gasteiger partial charge >= 0.3 is 0 Å². The summed E-state index contributed by atoms with van der Waals surface area (Å²) in [4.78, 5) is 13.9. The van der Waals surface area contributed by atoms with Crippen LogP contribution in [0.4, 0.5) is 0 Å². The van der Waals surface area contributed by atoms with Crippen LogP contribution in [0.5, 0.6) is 0 Å². The van der Waals surface area contributed by atoms with Crippen molar-refractivity contribution in [1.29, 1.82) is 0 Å². The number of ether oxygens (including phenoxy) is 1. The van der Waals surface area contributed by atoms with Crippen molar-refractivity contribution in [2.75, 3.05) is 26.3 Å². The second-order valence-electron chi connectivity index (χ2n) is 5.05. The molecule has 1 N–H and O–H groups in total. The Kier molecular flexibility index (Phi) is 4.74. The van der Waals surface area contributed by atoms with Gasteiger partial charge in [0.05, 0.1) is 5.60 Å². The molecule has 0 aromatic heterocycles. The van der Waals surface area contributed by atoms with Gasteiger partial charge in [0.1, 0.15) is 0 Å². The molecule has 0 bridgehead atoms. The van der Waals surface area contributed by atoms with Gasteiger partial charge in [-0.2, -0.15) is 0 Å². The second-order valence-corrected chi connectivity index (χ2v) is 5.05. The van der Waals surface area contributed by atoms with Crippen molar-refractivity contribution in [2.24, 2.45) is 5.92 Å². The molecular formula is C12H23NO3. The molecule has 1 amide bonds. The highest BCUT2D eigenvalue weighted by Crippen LogP contribution is 2.18. The first kappa shape index (κ1) is 13.5. The first-order chi connectivity index (χ1) is 7.44. The van der Waals surface area contributed by atoms with E-state index >= 15 is 0 Å². The monoisotopic (exact) mass is 229 g/mol. The summed E-state index contributed by atoms with van der Waals surface area (Å²) in [6.45, 7) is 7.82. The van der Waals surface area contributed by atoms with Crippen molar-refractivity contribution >= 4 is 5.91 Å². The summed E-state index contributed by atoms with van der Waals surface area (Å²) < 4.78 is 5.24. The minimum absolute atomic E-state index is 0.0797. The molecule has 0 aromatic carbocycles. The fraction of sp³-hybridized carbons (Fsp3) is 0.917. The predicted molar refractivity (Wildman–Crippen MR) is 62.1 cm³/mol. The minimum atomic E-state index is -0.823. The third kappa shape index (κ3) is 4.10. The molecule has 0 atom stereocenters. The van der Waals surface area contributed by atoms with E-state index in [1.165, 1.54) is 0 Å². The highest BCUT2D eigenvalue weighted by atomic mass is 16.5. The molecule has 0 radical (unpaired) electrons. The first-order valence-electron chi connectivity index (χ1n) is 6.03. The van der Waals surface area contributed by atoms with Crippen LogP contribution in [-0.2, 0) is 9.53 Å². The second kappa shape index (κ2) is 5.64. The summed E-state index contributed by atoms with van der Waals surface area (Å²) in [6, 6.07) is 0. The average Bonchev–Trinajstić information content (AvgIpc) is 2.25. The van der Waals surface area contributed by atoms with Crippen LogP contribution in [0.2, 0.25) is 0 Å². The fourth-order valence-electron chi connectivity index (χ4n) is 2.02. The predicted octanol–water partition coefficient (Wildman–Crippen LogP) is 1.03. The van der Waals surface area contributed by atoms with Crippen LogP contribution in [0, 0.1) is 5.92 Å². The van der Waals surface area contributed by atoms with Crippen LogP contribution in [0.15, 0.2) is 0 Å². The van der Waals surface area contributed by atoms with Gasteiger partial charge in [-0.15, -0.1) is 0 Å². The number of amides is 1. The van der Waals surface area contributed by atoms with Gasteiger partial charge in [0.2, 0.25) is 5.91 Å². The summed E-state index contributed by atoms with van der Waals surface area (Å²) in [7, 11) is 0. The molecule has 94 valence electrons. The molecule has 1 heterocycles. The number of aliphatic hydroxyl groups is 1. The molecule has 0 aromatic rings. The molecule has 1 aliphatic heterocycles. The van der Waals surface area contributed by atoms with E-state index in [2.05, 4.69) is 0 Å². The van der Waals surface area contributed by atoms with Crippen molar-refractivity contribution in [3.05, 3.63) is 0 Å². The lowest BCUT2D eigenvalue weighted by atomic mass is 9.97. The average molecular weight is 229 g/mol. The zero-order valence-electron chi connectivity index (χ0n) is 10.5. The highest BCUT2D eigenvalue weighted by molar-refractivity contribution is 5.79. The Morgan fingerprint density at radius 2 is 2.00 bits per heavy atom. The van der Waals surface area contributed by atoms with E-state index in [9.17, 15) is 9.90 Å². The SMILES string of the molecule is CCN(CC(C)(C)O)C(=O)C1CCOCC1. The number of nitrogens with zero attached hydrogens (tertiary/aromatic N) is 1. The fourth-order valence-corrected chi connectivity index (χ4v) is 2.02. The number of carbonyl (C=O) groups excluding carboxylic acids is 1. The summed E-state index contributed by atoms with van der Waals surface area (Å²) >= 11 is 0. The van der Waals surface area contributed by atoms with Crippen LogP contribution in [0.25, 0.3) is 0 Å². The Hall–Kier alpha value is -0.610. The smallest absolute Gasteiger partial charge is 0.225 e. The lowest BCUT2D eigenvalue weighted by Crippen LogP contribution is -2.45. The zero-order chi connectivity index (χ0) is 12.2. The zero-order valence-corrected chi connectivity index (χ0v) is 10.5. The van der Waals surface area contributed by atoms with Gasteiger partial charge in [-0.25, -0.2) is 0 Å². The maximum Gasteiger partial charge on any atom is 0.225 e. The van der Waals surface area contributed by atoms with E-state index in [0.717, 1.165) is 12.8 Å². The Balaban J connectivity index is 2.54. The molecule has 1 aliphatic rings. The van der Waals surface area contributed by atoms with Gasteiger partial charge < -0.3 is 14.7 Å². The number of hydrogen-bond acceptors (Lipinski definition) is 3. The highest BCUT2D eigenvalue weighted by Gasteiger charge is 2.28. The maximum absolute atomic E-state index is 12.2. The molecule has 1 saturated heterocycles. The van der Waals surface area contributed by atoms with Crippen LogP contribution in [-0.4, -0.2) is 47.8 Å². The van der Waals surface area contributed by atoms with Gasteiger partial charge in [-0.1, -0.05) is 0 Å². The molecule has 0 aliphatic carbocycles. The van der Waals surface area contributed by atoms with Crippen LogP contribution < -0.4 is 0 Å². The van der Waals surface area contributed by atoms with E-state index in [1.54, 1.807) is 18.7 Å². The first-order valence-corrected chi connectivity index (χ1v) is 6.03. The van der Waals surface area contributed by atoms with Gasteiger partial charge in [0.25, 0.3) is 0 Å². The molecule has 1 fully saturated rings. The molecule has 1 rings (SSSR count). The van der Waals surface area contributed by atoms with Crippen molar-refractivity contribution in [3.8, 4) is 0 Å². The van der Waals surface area contributed by atoms with Crippen LogP contribution >= 0.6 is 0 Å². The van der Waals surface area contributed by atoms with Crippen LogP contribution in [0.3, 0.4) is 0 Å². The normalized spacial score (nSPS) is 18.5. The van der Waals surface area contributed by atoms with Gasteiger partial charge in [0, 0.05) is 32.2 Å². The van der Waals surface area contributed by atoms with Crippen molar-refractivity contribution in [1.82, 2.24) is 4.90 Å². The van der Waals surface area contributed by atoms with Crippen molar-refractivity contribution in [2.45, 2.75) is 39.2 Å². The molecule has 0 saturated carbocycles. The molecule has 0 unspecified atom stereocenters. The minimum Gasteiger partial charge on any atom is -0.389 e. The number of rotatable bonds is 4. The third-order valence-electron chi connectivity index (χ3n) is 2.84. The van der Waals surface area contributed by atoms with Gasteiger partial charge in [-0.05, 0) is 33.6 Å². The molecule has 0 spiro atoms. The van der Waals surface area contributed by atoms with Crippen LogP contribution in [0.1, 0.15) is 33.6 Å². The molecule has 4 nitrogen and oxygen atoms in total. The topological polar surface area (TPSA) is 49.8 Å². The lowest BCUT2D eigenvalue weighted by Gasteiger charge is -2.32. The molecular weight excluding hydrogens is 206 g/mol. The summed E-state index contributed by atoms with van der Waals surface area (Å²) in [6.07, 6.45) is 1.61.